The van der Waals surface area contributed by atoms with Gasteiger partial charge in [0.1, 0.15) is 0 Å². The van der Waals surface area contributed by atoms with Crippen molar-refractivity contribution in [3.05, 3.63) is 36.0 Å². The number of hydrogen-bond donors (Lipinski definition) is 1. The van der Waals surface area contributed by atoms with Crippen molar-refractivity contribution < 1.29 is 4.79 Å². The number of fused-ring (bicyclic) bond motifs is 1. The van der Waals surface area contributed by atoms with Gasteiger partial charge in [-0.05, 0) is 38.3 Å². The number of H-pyrrole nitrogens is 1. The summed E-state index contributed by atoms with van der Waals surface area (Å²) in [5, 5.41) is 1.04. The van der Waals surface area contributed by atoms with Crippen molar-refractivity contribution in [2.75, 3.05) is 13.1 Å². The lowest BCUT2D eigenvalue weighted by Crippen LogP contribution is -2.43. The molecule has 0 spiro atoms. The quantitative estimate of drug-likeness (QED) is 0.867. The highest BCUT2D eigenvalue weighted by Gasteiger charge is 2.25. The van der Waals surface area contributed by atoms with E-state index in [9.17, 15) is 4.79 Å². The van der Waals surface area contributed by atoms with Gasteiger partial charge in [-0.15, -0.1) is 0 Å². The number of rotatable bonds is 3. The number of nitrogens with one attached hydrogen (secondary N) is 1. The maximum Gasteiger partial charge on any atom is 0.178 e. The van der Waals surface area contributed by atoms with Gasteiger partial charge in [0.15, 0.2) is 5.78 Å². The topological polar surface area (TPSA) is 36.1 Å². The zero-order chi connectivity index (χ0) is 14.1. The van der Waals surface area contributed by atoms with Crippen LogP contribution in [-0.2, 0) is 0 Å². The molecule has 2 heterocycles. The minimum absolute atomic E-state index is 0.226. The van der Waals surface area contributed by atoms with Crippen LogP contribution in [0.1, 0.15) is 37.0 Å². The van der Waals surface area contributed by atoms with Crippen LogP contribution < -0.4 is 0 Å². The van der Waals surface area contributed by atoms with Crippen LogP contribution >= 0.6 is 0 Å². The van der Waals surface area contributed by atoms with Gasteiger partial charge in [0, 0.05) is 28.7 Å². The van der Waals surface area contributed by atoms with E-state index in [2.05, 4.69) is 23.7 Å². The Balaban J connectivity index is 1.76. The first-order valence-electron chi connectivity index (χ1n) is 7.48. The third kappa shape index (κ3) is 2.50. The number of hydrogen-bond acceptors (Lipinski definition) is 2. The molecule has 0 saturated carbocycles. The maximum atomic E-state index is 12.6. The Hall–Kier alpha value is -1.61. The number of ketones is 1. The van der Waals surface area contributed by atoms with Crippen molar-refractivity contribution in [2.45, 2.75) is 32.7 Å². The molecular weight excluding hydrogens is 248 g/mol. The molecule has 1 saturated heterocycles. The summed E-state index contributed by atoms with van der Waals surface area (Å²) in [5.41, 5.74) is 1.86. The van der Waals surface area contributed by atoms with Gasteiger partial charge in [-0.25, -0.2) is 0 Å². The summed E-state index contributed by atoms with van der Waals surface area (Å²) in [4.78, 5) is 18.1. The molecule has 3 heteroatoms. The van der Waals surface area contributed by atoms with Crippen LogP contribution in [0.4, 0.5) is 0 Å². The Bertz CT molecular complexity index is 616. The van der Waals surface area contributed by atoms with Gasteiger partial charge in [-0.3, -0.25) is 9.69 Å². The smallest absolute Gasteiger partial charge is 0.178 e. The van der Waals surface area contributed by atoms with Crippen molar-refractivity contribution in [2.24, 2.45) is 5.92 Å². The molecule has 20 heavy (non-hydrogen) atoms. The molecule has 3 nitrogen and oxygen atoms in total. The van der Waals surface area contributed by atoms with E-state index in [4.69, 9.17) is 0 Å². The molecule has 2 aromatic rings. The van der Waals surface area contributed by atoms with Crippen molar-refractivity contribution in [1.82, 2.24) is 9.88 Å². The lowest BCUT2D eigenvalue weighted by Gasteiger charge is -2.35. The molecule has 106 valence electrons. The van der Waals surface area contributed by atoms with Gasteiger partial charge in [-0.2, -0.15) is 0 Å². The third-order valence-corrected chi connectivity index (χ3v) is 4.51. The number of para-hydroxylation sites is 1. The minimum atomic E-state index is 0.226. The SMILES string of the molecule is CC1CCN(CC(=O)c2c[nH]c3ccccc23)C(C)C1. The molecule has 1 N–H and O–H groups in total. The van der Waals surface area contributed by atoms with Crippen molar-refractivity contribution >= 4 is 16.7 Å². The van der Waals surface area contributed by atoms with Crippen LogP contribution in [0.2, 0.25) is 0 Å². The van der Waals surface area contributed by atoms with Gasteiger partial charge in [0.05, 0.1) is 6.54 Å². The van der Waals surface area contributed by atoms with Crippen LogP contribution in [0, 0.1) is 5.92 Å². The second-order valence-electron chi connectivity index (χ2n) is 6.12. The van der Waals surface area contributed by atoms with E-state index in [-0.39, 0.29) is 5.78 Å². The molecule has 1 aliphatic rings. The number of likely N-dealkylation sites (tertiary alicyclic amines) is 1. The first-order valence-corrected chi connectivity index (χ1v) is 7.48. The van der Waals surface area contributed by atoms with Crippen molar-refractivity contribution in [3.63, 3.8) is 0 Å². The molecule has 0 amide bonds. The largest absolute Gasteiger partial charge is 0.360 e. The number of Topliss-reactive ketones (excluding diaryl/α,β-unsaturated/α-hetero) is 1. The third-order valence-electron chi connectivity index (χ3n) is 4.51. The van der Waals surface area contributed by atoms with Crippen LogP contribution in [0.3, 0.4) is 0 Å². The summed E-state index contributed by atoms with van der Waals surface area (Å²) < 4.78 is 0. The van der Waals surface area contributed by atoms with Crippen molar-refractivity contribution in [1.29, 1.82) is 0 Å². The van der Waals surface area contributed by atoms with Gasteiger partial charge >= 0.3 is 0 Å². The molecule has 1 aromatic carbocycles. The summed E-state index contributed by atoms with van der Waals surface area (Å²) >= 11 is 0. The van der Waals surface area contributed by atoms with Gasteiger partial charge < -0.3 is 4.98 Å². The number of carbonyl (C=O) groups is 1. The Morgan fingerprint density at radius 3 is 2.95 bits per heavy atom. The maximum absolute atomic E-state index is 12.6. The number of nitrogens with zero attached hydrogens (tertiary/aromatic N) is 1. The predicted octanol–water partition coefficient (Wildman–Crippen LogP) is 3.47. The fourth-order valence-corrected chi connectivity index (χ4v) is 3.26. The van der Waals surface area contributed by atoms with E-state index in [1.807, 2.05) is 30.5 Å². The van der Waals surface area contributed by atoms with Crippen LogP contribution in [0.15, 0.2) is 30.5 Å². The van der Waals surface area contributed by atoms with Crippen LogP contribution in [0.25, 0.3) is 10.9 Å². The average molecular weight is 270 g/mol. The number of aromatic nitrogens is 1. The van der Waals surface area contributed by atoms with E-state index in [1.54, 1.807) is 0 Å². The highest BCUT2D eigenvalue weighted by atomic mass is 16.1. The van der Waals surface area contributed by atoms with E-state index in [1.165, 1.54) is 12.8 Å². The number of aromatic amines is 1. The second kappa shape index (κ2) is 5.41. The summed E-state index contributed by atoms with van der Waals surface area (Å²) in [6.45, 7) is 6.11. The molecule has 0 aliphatic carbocycles. The standard InChI is InChI=1S/C17H22N2O/c1-12-7-8-19(13(2)9-12)11-17(20)15-10-18-16-6-4-3-5-14(15)16/h3-6,10,12-13,18H,7-9,11H2,1-2H3. The highest BCUT2D eigenvalue weighted by molar-refractivity contribution is 6.08. The lowest BCUT2D eigenvalue weighted by atomic mass is 9.93. The van der Waals surface area contributed by atoms with E-state index in [0.29, 0.717) is 12.6 Å². The lowest BCUT2D eigenvalue weighted by molar-refractivity contribution is 0.0818. The zero-order valence-corrected chi connectivity index (χ0v) is 12.2. The fraction of sp³-hybridized carbons (Fsp3) is 0.471. The van der Waals surface area contributed by atoms with Crippen LogP contribution in [0.5, 0.6) is 0 Å². The summed E-state index contributed by atoms with van der Waals surface area (Å²) in [7, 11) is 0. The molecule has 2 atom stereocenters. The molecule has 1 aromatic heterocycles. The molecular formula is C17H22N2O. The predicted molar refractivity (Wildman–Crippen MR) is 82.1 cm³/mol. The van der Waals surface area contributed by atoms with Gasteiger partial charge in [0.2, 0.25) is 0 Å². The normalized spacial score (nSPS) is 24.1. The molecule has 3 rings (SSSR count). The number of benzene rings is 1. The van der Waals surface area contributed by atoms with Gasteiger partial charge in [0.25, 0.3) is 0 Å². The molecule has 1 fully saturated rings. The Morgan fingerprint density at radius 1 is 1.35 bits per heavy atom. The zero-order valence-electron chi connectivity index (χ0n) is 12.2. The number of carbonyl (C=O) groups excluding carboxylic acids is 1. The van der Waals surface area contributed by atoms with Crippen LogP contribution in [-0.4, -0.2) is 34.8 Å². The summed E-state index contributed by atoms with van der Waals surface area (Å²) in [6.07, 6.45) is 4.25. The van der Waals surface area contributed by atoms with E-state index < -0.39 is 0 Å². The average Bonchev–Trinajstić information content (AvgIpc) is 2.86. The molecule has 0 radical (unpaired) electrons. The van der Waals surface area contributed by atoms with Gasteiger partial charge in [-0.1, -0.05) is 25.1 Å². The molecule has 1 aliphatic heterocycles. The number of piperidine rings is 1. The monoisotopic (exact) mass is 270 g/mol. The summed E-state index contributed by atoms with van der Waals surface area (Å²) in [6, 6.07) is 8.50. The minimum Gasteiger partial charge on any atom is -0.360 e. The Morgan fingerprint density at radius 2 is 2.15 bits per heavy atom. The van der Waals surface area contributed by atoms with E-state index in [0.717, 1.165) is 28.9 Å². The molecule has 0 bridgehead atoms. The van der Waals surface area contributed by atoms with E-state index >= 15 is 0 Å². The highest BCUT2D eigenvalue weighted by Crippen LogP contribution is 2.23. The first kappa shape index (κ1) is 13.4. The first-order chi connectivity index (χ1) is 9.65. The Kier molecular flexibility index (Phi) is 3.62. The Labute approximate surface area is 120 Å². The van der Waals surface area contributed by atoms with Crippen molar-refractivity contribution in [3.8, 4) is 0 Å². The molecule has 2 unspecified atom stereocenters. The summed E-state index contributed by atoms with van der Waals surface area (Å²) in [5.74, 6) is 1.01. The second-order valence-corrected chi connectivity index (χ2v) is 6.12. The fourth-order valence-electron chi connectivity index (χ4n) is 3.26.